The molecule has 35 heavy (non-hydrogen) atoms. The number of rotatable bonds is 11. The van der Waals surface area contributed by atoms with Gasteiger partial charge in [0.1, 0.15) is 11.6 Å². The third kappa shape index (κ3) is 7.45. The minimum absolute atomic E-state index is 0.170. The first-order valence-electron chi connectivity index (χ1n) is 12.7. The summed E-state index contributed by atoms with van der Waals surface area (Å²) in [5.74, 6) is 3.39. The fraction of sp³-hybridized carbons (Fsp3) is 0.577. The lowest BCUT2D eigenvalue weighted by Gasteiger charge is -2.31. The predicted octanol–water partition coefficient (Wildman–Crippen LogP) is 3.76. The van der Waals surface area contributed by atoms with Crippen LogP contribution in [0.15, 0.2) is 30.6 Å². The fourth-order valence-electron chi connectivity index (χ4n) is 4.69. The molecule has 9 nitrogen and oxygen atoms in total. The lowest BCUT2D eigenvalue weighted by molar-refractivity contribution is -0.130. The van der Waals surface area contributed by atoms with Crippen molar-refractivity contribution in [3.05, 3.63) is 30.6 Å². The summed E-state index contributed by atoms with van der Waals surface area (Å²) < 4.78 is 11.5. The van der Waals surface area contributed by atoms with Gasteiger partial charge >= 0.3 is 0 Å². The van der Waals surface area contributed by atoms with E-state index >= 15 is 0 Å². The number of carbonyl (C=O) groups excluding carboxylic acids is 1. The van der Waals surface area contributed by atoms with Crippen LogP contribution in [-0.4, -0.2) is 78.7 Å². The summed E-state index contributed by atoms with van der Waals surface area (Å²) in [5.41, 5.74) is 1.00. The van der Waals surface area contributed by atoms with Crippen molar-refractivity contribution in [2.75, 3.05) is 63.6 Å². The van der Waals surface area contributed by atoms with Crippen LogP contribution in [0.25, 0.3) is 0 Å². The Morgan fingerprint density at radius 1 is 1.09 bits per heavy atom. The van der Waals surface area contributed by atoms with E-state index in [1.807, 2.05) is 23.1 Å². The molecule has 0 spiro atoms. The van der Waals surface area contributed by atoms with Crippen molar-refractivity contribution in [2.24, 2.45) is 5.92 Å². The number of hydrogen-bond donors (Lipinski definition) is 2. The molecule has 0 aromatic carbocycles. The summed E-state index contributed by atoms with van der Waals surface area (Å²) in [7, 11) is 1.63. The summed E-state index contributed by atoms with van der Waals surface area (Å²) >= 11 is 0. The van der Waals surface area contributed by atoms with E-state index in [4.69, 9.17) is 9.47 Å². The number of nitrogens with one attached hydrogen (secondary N) is 2. The average molecular weight is 483 g/mol. The molecule has 2 aliphatic heterocycles. The highest BCUT2D eigenvalue weighted by atomic mass is 16.5. The standard InChI is InChI=1S/C26H38N6O3/c1-20(33)32-13-7-21(8-14-32)18-28-22-6-9-27-25(16-22)30-26-17-23(24(34-2)19-29-26)35-15-5-12-31-10-3-4-11-31/h6,9,16-17,19,21H,3-5,7-8,10-15,18H2,1-2H3,(H2,27,28,29,30). The molecule has 4 rings (SSSR count). The summed E-state index contributed by atoms with van der Waals surface area (Å²) in [6.45, 7) is 8.32. The van der Waals surface area contributed by atoms with Gasteiger partial charge in [0.05, 0.1) is 19.9 Å². The molecule has 1 amide bonds. The maximum Gasteiger partial charge on any atom is 0.219 e. The van der Waals surface area contributed by atoms with Crippen molar-refractivity contribution in [1.82, 2.24) is 19.8 Å². The van der Waals surface area contributed by atoms with Gasteiger partial charge in [-0.05, 0) is 57.2 Å². The van der Waals surface area contributed by atoms with Gasteiger partial charge in [0, 0.05) is 57.1 Å². The zero-order chi connectivity index (χ0) is 24.5. The quantitative estimate of drug-likeness (QED) is 0.468. The molecule has 0 radical (unpaired) electrons. The zero-order valence-corrected chi connectivity index (χ0v) is 21.0. The minimum atomic E-state index is 0.170. The van der Waals surface area contributed by atoms with Gasteiger partial charge in [0.25, 0.3) is 0 Å². The van der Waals surface area contributed by atoms with Gasteiger partial charge in [-0.1, -0.05) is 0 Å². The largest absolute Gasteiger partial charge is 0.491 e. The van der Waals surface area contributed by atoms with Crippen LogP contribution >= 0.6 is 0 Å². The number of anilines is 3. The zero-order valence-electron chi connectivity index (χ0n) is 21.0. The van der Waals surface area contributed by atoms with Crippen molar-refractivity contribution in [2.45, 2.75) is 39.0 Å². The van der Waals surface area contributed by atoms with E-state index in [1.165, 1.54) is 25.9 Å². The van der Waals surface area contributed by atoms with Gasteiger partial charge in [0.15, 0.2) is 11.5 Å². The van der Waals surface area contributed by atoms with Crippen LogP contribution in [-0.2, 0) is 4.79 Å². The second-order valence-electron chi connectivity index (χ2n) is 9.36. The Labute approximate surface area is 208 Å². The molecular formula is C26H38N6O3. The molecular weight excluding hydrogens is 444 g/mol. The number of hydrogen-bond acceptors (Lipinski definition) is 8. The van der Waals surface area contributed by atoms with E-state index in [0.717, 1.165) is 51.1 Å². The predicted molar refractivity (Wildman–Crippen MR) is 138 cm³/mol. The molecule has 2 fully saturated rings. The summed E-state index contributed by atoms with van der Waals surface area (Å²) in [4.78, 5) is 24.8. The number of ether oxygens (including phenoxy) is 2. The van der Waals surface area contributed by atoms with E-state index in [1.54, 1.807) is 26.4 Å². The second-order valence-corrected chi connectivity index (χ2v) is 9.36. The first kappa shape index (κ1) is 25.0. The first-order valence-corrected chi connectivity index (χ1v) is 12.7. The number of nitrogens with zero attached hydrogens (tertiary/aromatic N) is 4. The van der Waals surface area contributed by atoms with Gasteiger partial charge in [-0.25, -0.2) is 9.97 Å². The summed E-state index contributed by atoms with van der Waals surface area (Å²) in [6.07, 6.45) is 9.10. The van der Waals surface area contributed by atoms with Crippen molar-refractivity contribution in [3.63, 3.8) is 0 Å². The maximum atomic E-state index is 11.5. The highest BCUT2D eigenvalue weighted by Crippen LogP contribution is 2.30. The lowest BCUT2D eigenvalue weighted by Crippen LogP contribution is -2.38. The second kappa shape index (κ2) is 12.6. The highest BCUT2D eigenvalue weighted by molar-refractivity contribution is 5.73. The van der Waals surface area contributed by atoms with Crippen molar-refractivity contribution < 1.29 is 14.3 Å². The SMILES string of the molecule is COc1cnc(Nc2cc(NCC3CCN(C(C)=O)CC3)ccn2)cc1OCCCN1CCCC1. The molecule has 2 aromatic rings. The monoisotopic (exact) mass is 482 g/mol. The Balaban J connectivity index is 1.28. The number of piperidine rings is 1. The van der Waals surface area contributed by atoms with Crippen molar-refractivity contribution in [3.8, 4) is 11.5 Å². The Hall–Kier alpha value is -3.07. The van der Waals surface area contributed by atoms with Crippen molar-refractivity contribution in [1.29, 1.82) is 0 Å². The Morgan fingerprint density at radius 3 is 2.60 bits per heavy atom. The topological polar surface area (TPSA) is 91.9 Å². The highest BCUT2D eigenvalue weighted by Gasteiger charge is 2.20. The van der Waals surface area contributed by atoms with E-state index < -0.39 is 0 Å². The van der Waals surface area contributed by atoms with Crippen LogP contribution < -0.4 is 20.1 Å². The molecule has 9 heteroatoms. The molecule has 2 saturated heterocycles. The third-order valence-corrected chi connectivity index (χ3v) is 6.80. The van der Waals surface area contributed by atoms with Crippen LogP contribution in [0.4, 0.5) is 17.3 Å². The summed E-state index contributed by atoms with van der Waals surface area (Å²) in [6, 6.07) is 5.80. The van der Waals surface area contributed by atoms with Crippen LogP contribution in [0.3, 0.4) is 0 Å². The Bertz CT molecular complexity index is 958. The Kier molecular flexibility index (Phi) is 9.00. The number of amides is 1. The maximum absolute atomic E-state index is 11.5. The van der Waals surface area contributed by atoms with E-state index in [9.17, 15) is 4.79 Å². The van der Waals surface area contributed by atoms with E-state index in [2.05, 4.69) is 25.5 Å². The normalized spacial score (nSPS) is 16.8. The summed E-state index contributed by atoms with van der Waals surface area (Å²) in [5, 5.41) is 6.80. The third-order valence-electron chi connectivity index (χ3n) is 6.80. The van der Waals surface area contributed by atoms with Crippen molar-refractivity contribution >= 4 is 23.2 Å². The van der Waals surface area contributed by atoms with Crippen LogP contribution in [0.5, 0.6) is 11.5 Å². The van der Waals surface area contributed by atoms with Crippen LogP contribution in [0.1, 0.15) is 39.0 Å². The minimum Gasteiger partial charge on any atom is -0.491 e. The van der Waals surface area contributed by atoms with E-state index in [-0.39, 0.29) is 5.91 Å². The molecule has 2 aromatic heterocycles. The van der Waals surface area contributed by atoms with Crippen LogP contribution in [0.2, 0.25) is 0 Å². The lowest BCUT2D eigenvalue weighted by atomic mass is 9.96. The Morgan fingerprint density at radius 2 is 1.86 bits per heavy atom. The molecule has 0 atom stereocenters. The molecule has 0 bridgehead atoms. The van der Waals surface area contributed by atoms with Gasteiger partial charge < -0.3 is 29.9 Å². The molecule has 2 N–H and O–H groups in total. The van der Waals surface area contributed by atoms with Gasteiger partial charge in [-0.2, -0.15) is 0 Å². The number of pyridine rings is 2. The smallest absolute Gasteiger partial charge is 0.219 e. The number of methoxy groups -OCH3 is 1. The average Bonchev–Trinajstić information content (AvgIpc) is 3.40. The molecule has 0 aliphatic carbocycles. The molecule has 190 valence electrons. The molecule has 0 saturated carbocycles. The van der Waals surface area contributed by atoms with E-state index in [0.29, 0.717) is 35.7 Å². The molecule has 0 unspecified atom stereocenters. The van der Waals surface area contributed by atoms with Gasteiger partial charge in [-0.3, -0.25) is 4.79 Å². The van der Waals surface area contributed by atoms with Gasteiger partial charge in [-0.15, -0.1) is 0 Å². The fourth-order valence-corrected chi connectivity index (χ4v) is 4.69. The number of likely N-dealkylation sites (tertiary alicyclic amines) is 2. The molecule has 2 aliphatic rings. The van der Waals surface area contributed by atoms with Crippen LogP contribution in [0, 0.1) is 5.92 Å². The number of aromatic nitrogens is 2. The first-order chi connectivity index (χ1) is 17.1. The number of carbonyl (C=O) groups is 1. The van der Waals surface area contributed by atoms with Gasteiger partial charge in [0.2, 0.25) is 5.91 Å². The molecule has 4 heterocycles.